The Balaban J connectivity index is 1.71. The van der Waals surface area contributed by atoms with Crippen LogP contribution in [0.1, 0.15) is 22.5 Å². The zero-order valence-electron chi connectivity index (χ0n) is 16.1. The maximum atomic E-state index is 14.3. The van der Waals surface area contributed by atoms with E-state index >= 15 is 0 Å². The molecule has 2 amide bonds. The maximum absolute atomic E-state index is 14.3. The first kappa shape index (κ1) is 22.3. The Morgan fingerprint density at radius 2 is 1.74 bits per heavy atom. The molecule has 2 aromatic carbocycles. The number of hydrogen-bond donors (Lipinski definition) is 1. The predicted molar refractivity (Wildman–Crippen MR) is 110 cm³/mol. The maximum Gasteiger partial charge on any atom is 0.252 e. The zero-order valence-corrected chi connectivity index (χ0v) is 16.9. The van der Waals surface area contributed by atoms with Crippen LogP contribution in [0.25, 0.3) is 0 Å². The fourth-order valence-corrected chi connectivity index (χ4v) is 3.10. The second-order valence-electron chi connectivity index (χ2n) is 6.53. The van der Waals surface area contributed by atoms with Crippen molar-refractivity contribution in [2.45, 2.75) is 13.0 Å². The highest BCUT2D eigenvalue weighted by molar-refractivity contribution is 6.33. The molecule has 3 rings (SSSR count). The molecule has 0 unspecified atom stereocenters. The number of benzene rings is 2. The van der Waals surface area contributed by atoms with Gasteiger partial charge >= 0.3 is 0 Å². The first-order valence-corrected chi connectivity index (χ1v) is 9.61. The minimum atomic E-state index is -0.897. The number of nitrogens with one attached hydrogen (secondary N) is 1. The van der Waals surface area contributed by atoms with Crippen molar-refractivity contribution in [2.75, 3.05) is 11.4 Å². The number of nitrogens with zero attached hydrogens (tertiary/aromatic N) is 2. The number of hydrogen-bond acceptors (Lipinski definition) is 3. The molecule has 1 aromatic heterocycles. The molecule has 0 bridgehead atoms. The predicted octanol–water partition coefficient (Wildman–Crippen LogP) is 4.51. The smallest absolute Gasteiger partial charge is 0.252 e. The highest BCUT2D eigenvalue weighted by atomic mass is 35.5. The van der Waals surface area contributed by atoms with E-state index < -0.39 is 29.3 Å². The average Bonchev–Trinajstić information content (AvgIpc) is 2.73. The van der Waals surface area contributed by atoms with Crippen molar-refractivity contribution in [3.63, 3.8) is 0 Å². The van der Waals surface area contributed by atoms with Crippen molar-refractivity contribution in [3.05, 3.63) is 94.5 Å². The molecule has 3 aromatic rings. The van der Waals surface area contributed by atoms with Gasteiger partial charge in [0.25, 0.3) is 5.91 Å². The summed E-state index contributed by atoms with van der Waals surface area (Å²) >= 11 is 5.86. The van der Waals surface area contributed by atoms with E-state index in [1.807, 2.05) is 0 Å². The lowest BCUT2D eigenvalue weighted by molar-refractivity contribution is -0.118. The van der Waals surface area contributed by atoms with Crippen LogP contribution in [0.15, 0.2) is 60.8 Å². The lowest BCUT2D eigenvalue weighted by Crippen LogP contribution is -2.35. The van der Waals surface area contributed by atoms with E-state index in [0.717, 1.165) is 23.1 Å². The van der Waals surface area contributed by atoms with Gasteiger partial charge in [-0.1, -0.05) is 17.7 Å². The van der Waals surface area contributed by atoms with Crippen molar-refractivity contribution < 1.29 is 22.8 Å². The molecule has 31 heavy (non-hydrogen) atoms. The monoisotopic (exact) mass is 447 g/mol. The van der Waals surface area contributed by atoms with Gasteiger partial charge in [0.2, 0.25) is 5.91 Å². The number of halogens is 4. The molecule has 0 saturated heterocycles. The molecule has 0 saturated carbocycles. The van der Waals surface area contributed by atoms with Gasteiger partial charge in [-0.25, -0.2) is 13.2 Å². The Morgan fingerprint density at radius 1 is 1.00 bits per heavy atom. The fourth-order valence-electron chi connectivity index (χ4n) is 2.85. The van der Waals surface area contributed by atoms with Crippen LogP contribution in [0.5, 0.6) is 0 Å². The van der Waals surface area contributed by atoms with Gasteiger partial charge in [-0.05, 0) is 42.5 Å². The Bertz CT molecular complexity index is 1100. The summed E-state index contributed by atoms with van der Waals surface area (Å²) in [5.41, 5.74) is 0.456. The van der Waals surface area contributed by atoms with Crippen molar-refractivity contribution in [3.8, 4) is 0 Å². The summed E-state index contributed by atoms with van der Waals surface area (Å²) in [5, 5.41) is 2.46. The first-order chi connectivity index (χ1) is 14.8. The largest absolute Gasteiger partial charge is 0.351 e. The molecule has 9 heteroatoms. The Morgan fingerprint density at radius 3 is 2.42 bits per heavy atom. The second-order valence-corrected chi connectivity index (χ2v) is 6.93. The number of aromatic nitrogens is 1. The van der Waals surface area contributed by atoms with Crippen LogP contribution < -0.4 is 10.2 Å². The van der Waals surface area contributed by atoms with E-state index in [0.29, 0.717) is 11.8 Å². The van der Waals surface area contributed by atoms with Crippen molar-refractivity contribution in [1.82, 2.24) is 10.3 Å². The average molecular weight is 448 g/mol. The molecule has 0 atom stereocenters. The molecule has 1 heterocycles. The van der Waals surface area contributed by atoms with Crippen LogP contribution >= 0.6 is 11.6 Å². The molecule has 0 aliphatic rings. The minimum Gasteiger partial charge on any atom is -0.351 e. The number of pyridine rings is 1. The van der Waals surface area contributed by atoms with Gasteiger partial charge < -0.3 is 10.2 Å². The first-order valence-electron chi connectivity index (χ1n) is 9.23. The molecule has 0 fully saturated rings. The van der Waals surface area contributed by atoms with Crippen LogP contribution in [0, 0.1) is 17.5 Å². The van der Waals surface area contributed by atoms with Gasteiger partial charge in [-0.3, -0.25) is 14.6 Å². The third kappa shape index (κ3) is 5.82. The summed E-state index contributed by atoms with van der Waals surface area (Å²) in [6.07, 6.45) is 1.36. The summed E-state index contributed by atoms with van der Waals surface area (Å²) in [6.45, 7) is -0.118. The molecule has 5 nitrogen and oxygen atoms in total. The molecule has 0 radical (unpaired) electrons. The molecule has 1 N–H and O–H groups in total. The fraction of sp³-hybridized carbons (Fsp3) is 0.136. The number of amides is 2. The lowest BCUT2D eigenvalue weighted by Gasteiger charge is -2.23. The zero-order chi connectivity index (χ0) is 22.4. The standard InChI is InChI=1S/C22H17ClF3N3O2/c23-18-11-14(24)4-6-17(18)22(31)28-10-8-21(30)29(13-16-3-1-2-9-27-16)20-7-5-15(25)12-19(20)26/h1-7,9,11-12H,8,10,13H2,(H,28,31). The van der Waals surface area contributed by atoms with Gasteiger partial charge in [0, 0.05) is 25.2 Å². The summed E-state index contributed by atoms with van der Waals surface area (Å²) in [7, 11) is 0. The van der Waals surface area contributed by atoms with E-state index in [2.05, 4.69) is 10.3 Å². The topological polar surface area (TPSA) is 62.3 Å². The third-order valence-corrected chi connectivity index (χ3v) is 4.66. The summed E-state index contributed by atoms with van der Waals surface area (Å²) in [4.78, 5) is 30.3. The van der Waals surface area contributed by atoms with Crippen molar-refractivity contribution >= 4 is 29.1 Å². The van der Waals surface area contributed by atoms with Gasteiger partial charge in [0.15, 0.2) is 0 Å². The van der Waals surface area contributed by atoms with Crippen LogP contribution in [0.4, 0.5) is 18.9 Å². The van der Waals surface area contributed by atoms with Crippen molar-refractivity contribution in [2.24, 2.45) is 0 Å². The quantitative estimate of drug-likeness (QED) is 0.580. The molecule has 0 aliphatic heterocycles. The molecule has 0 aliphatic carbocycles. The number of anilines is 1. The summed E-state index contributed by atoms with van der Waals surface area (Å²) in [5.74, 6) is -3.34. The second kappa shape index (κ2) is 10.1. The van der Waals surface area contributed by atoms with E-state index in [-0.39, 0.29) is 35.8 Å². The van der Waals surface area contributed by atoms with E-state index in [1.165, 1.54) is 18.3 Å². The minimum absolute atomic E-state index is 0.0417. The Hall–Kier alpha value is -3.39. The van der Waals surface area contributed by atoms with E-state index in [9.17, 15) is 22.8 Å². The lowest BCUT2D eigenvalue weighted by atomic mass is 10.2. The third-order valence-electron chi connectivity index (χ3n) is 4.35. The SMILES string of the molecule is O=C(NCCC(=O)N(Cc1ccccn1)c1ccc(F)cc1F)c1ccc(F)cc1Cl. The molecule has 160 valence electrons. The van der Waals surface area contributed by atoms with Crippen LogP contribution in [0.2, 0.25) is 5.02 Å². The van der Waals surface area contributed by atoms with Gasteiger partial charge in [0.1, 0.15) is 17.5 Å². The summed E-state index contributed by atoms with van der Waals surface area (Å²) in [6, 6.07) is 11.3. The van der Waals surface area contributed by atoms with Crippen LogP contribution in [0.3, 0.4) is 0 Å². The van der Waals surface area contributed by atoms with Gasteiger partial charge in [-0.15, -0.1) is 0 Å². The Kier molecular flexibility index (Phi) is 7.25. The number of rotatable bonds is 7. The van der Waals surface area contributed by atoms with E-state index in [4.69, 9.17) is 11.6 Å². The Labute approximate surface area is 181 Å². The van der Waals surface area contributed by atoms with Crippen molar-refractivity contribution in [1.29, 1.82) is 0 Å². The van der Waals surface area contributed by atoms with Gasteiger partial charge in [-0.2, -0.15) is 0 Å². The van der Waals surface area contributed by atoms with E-state index in [1.54, 1.807) is 18.2 Å². The highest BCUT2D eigenvalue weighted by Gasteiger charge is 2.21. The van der Waals surface area contributed by atoms with Gasteiger partial charge in [0.05, 0.1) is 28.5 Å². The number of carbonyl (C=O) groups is 2. The summed E-state index contributed by atoms with van der Waals surface area (Å²) < 4.78 is 40.8. The molecule has 0 spiro atoms. The highest BCUT2D eigenvalue weighted by Crippen LogP contribution is 2.23. The normalized spacial score (nSPS) is 10.6. The molecular weight excluding hydrogens is 431 g/mol. The molecular formula is C22H17ClF3N3O2. The number of carbonyl (C=O) groups excluding carboxylic acids is 2. The van der Waals surface area contributed by atoms with Crippen LogP contribution in [-0.2, 0) is 11.3 Å². The van der Waals surface area contributed by atoms with Crippen LogP contribution in [-0.4, -0.2) is 23.3 Å².